The smallest absolute Gasteiger partial charge is 0.265 e. The molecular formula is C14H21BrN2OS. The van der Waals surface area contributed by atoms with Crippen LogP contribution in [0.3, 0.4) is 0 Å². The molecule has 19 heavy (non-hydrogen) atoms. The highest BCUT2D eigenvalue weighted by Gasteiger charge is 2.16. The van der Waals surface area contributed by atoms with Gasteiger partial charge in [0, 0.05) is 5.25 Å². The van der Waals surface area contributed by atoms with Crippen molar-refractivity contribution in [3.05, 3.63) is 26.3 Å². The SMILES string of the molecule is CC(C)c1nc(CSC2CCCCC2)[nH]c(=O)c1Br. The summed E-state index contributed by atoms with van der Waals surface area (Å²) in [5, 5.41) is 0.741. The van der Waals surface area contributed by atoms with Crippen molar-refractivity contribution in [2.45, 2.75) is 62.9 Å². The van der Waals surface area contributed by atoms with E-state index in [9.17, 15) is 4.79 Å². The van der Waals surface area contributed by atoms with Crippen LogP contribution in [0.15, 0.2) is 9.27 Å². The van der Waals surface area contributed by atoms with Crippen molar-refractivity contribution in [3.8, 4) is 0 Å². The summed E-state index contributed by atoms with van der Waals surface area (Å²) < 4.78 is 0.578. The summed E-state index contributed by atoms with van der Waals surface area (Å²) in [5.41, 5.74) is 0.806. The first-order chi connectivity index (χ1) is 9.08. The molecule has 0 atom stereocenters. The first-order valence-corrected chi connectivity index (χ1v) is 8.82. The first-order valence-electron chi connectivity index (χ1n) is 6.98. The molecule has 1 aromatic heterocycles. The molecule has 0 saturated heterocycles. The van der Waals surface area contributed by atoms with Crippen LogP contribution < -0.4 is 5.56 Å². The molecule has 0 aromatic carbocycles. The van der Waals surface area contributed by atoms with Crippen LogP contribution in [0.2, 0.25) is 0 Å². The minimum absolute atomic E-state index is 0.0575. The number of nitrogens with zero attached hydrogens (tertiary/aromatic N) is 1. The van der Waals surface area contributed by atoms with Gasteiger partial charge in [-0.2, -0.15) is 11.8 Å². The third-order valence-electron chi connectivity index (χ3n) is 3.49. The second-order valence-electron chi connectivity index (χ2n) is 5.44. The molecule has 1 fully saturated rings. The summed E-state index contributed by atoms with van der Waals surface area (Å²) in [6.07, 6.45) is 6.69. The fraction of sp³-hybridized carbons (Fsp3) is 0.714. The maximum absolute atomic E-state index is 11.9. The Hall–Kier alpha value is -0.290. The Balaban J connectivity index is 2.05. The van der Waals surface area contributed by atoms with Crippen LogP contribution in [-0.4, -0.2) is 15.2 Å². The van der Waals surface area contributed by atoms with Crippen molar-refractivity contribution in [1.82, 2.24) is 9.97 Å². The van der Waals surface area contributed by atoms with Gasteiger partial charge in [-0.3, -0.25) is 4.79 Å². The molecule has 0 aliphatic heterocycles. The maximum atomic E-state index is 11.9. The second-order valence-corrected chi connectivity index (χ2v) is 7.52. The Kier molecular flexibility index (Phi) is 5.51. The molecule has 0 spiro atoms. The van der Waals surface area contributed by atoms with Crippen molar-refractivity contribution < 1.29 is 0 Å². The number of thioether (sulfide) groups is 1. The zero-order valence-corrected chi connectivity index (χ0v) is 13.9. The normalized spacial score (nSPS) is 17.1. The number of hydrogen-bond acceptors (Lipinski definition) is 3. The van der Waals surface area contributed by atoms with E-state index in [4.69, 9.17) is 0 Å². The molecule has 1 aliphatic rings. The van der Waals surface area contributed by atoms with Crippen LogP contribution >= 0.6 is 27.7 Å². The number of nitrogens with one attached hydrogen (secondary N) is 1. The number of rotatable bonds is 4. The molecule has 2 rings (SSSR count). The molecule has 1 aromatic rings. The van der Waals surface area contributed by atoms with Gasteiger partial charge in [0.15, 0.2) is 0 Å². The molecular weight excluding hydrogens is 324 g/mol. The monoisotopic (exact) mass is 344 g/mol. The Morgan fingerprint density at radius 1 is 1.37 bits per heavy atom. The van der Waals surface area contributed by atoms with Crippen molar-refractivity contribution >= 4 is 27.7 Å². The summed E-state index contributed by atoms with van der Waals surface area (Å²) in [5.74, 6) is 1.88. The van der Waals surface area contributed by atoms with Gasteiger partial charge in [0.25, 0.3) is 5.56 Å². The van der Waals surface area contributed by atoms with Gasteiger partial charge in [-0.25, -0.2) is 4.98 Å². The lowest BCUT2D eigenvalue weighted by Gasteiger charge is -2.20. The third kappa shape index (κ3) is 4.09. The van der Waals surface area contributed by atoms with Gasteiger partial charge >= 0.3 is 0 Å². The summed E-state index contributed by atoms with van der Waals surface area (Å²) >= 11 is 5.27. The molecule has 1 aliphatic carbocycles. The predicted octanol–water partition coefficient (Wildman–Crippen LogP) is 4.22. The van der Waals surface area contributed by atoms with E-state index in [0.29, 0.717) is 4.47 Å². The minimum Gasteiger partial charge on any atom is -0.309 e. The molecule has 3 nitrogen and oxygen atoms in total. The fourth-order valence-corrected chi connectivity index (χ4v) is 4.25. The van der Waals surface area contributed by atoms with Gasteiger partial charge in [0.2, 0.25) is 0 Å². The number of hydrogen-bond donors (Lipinski definition) is 1. The van der Waals surface area contributed by atoms with E-state index in [1.807, 2.05) is 11.8 Å². The van der Waals surface area contributed by atoms with E-state index in [1.54, 1.807) is 0 Å². The average Bonchev–Trinajstić information content (AvgIpc) is 2.41. The highest BCUT2D eigenvalue weighted by Crippen LogP contribution is 2.30. The topological polar surface area (TPSA) is 45.8 Å². The molecule has 1 heterocycles. The number of aromatic amines is 1. The van der Waals surface area contributed by atoms with Crippen molar-refractivity contribution in [3.63, 3.8) is 0 Å². The van der Waals surface area contributed by atoms with Gasteiger partial charge in [0.1, 0.15) is 10.3 Å². The Morgan fingerprint density at radius 3 is 2.68 bits per heavy atom. The molecule has 1 saturated carbocycles. The molecule has 0 amide bonds. The fourth-order valence-electron chi connectivity index (χ4n) is 2.40. The lowest BCUT2D eigenvalue weighted by molar-refractivity contribution is 0.516. The van der Waals surface area contributed by atoms with Gasteiger partial charge in [0.05, 0.1) is 11.4 Å². The van der Waals surface area contributed by atoms with Gasteiger partial charge in [-0.15, -0.1) is 0 Å². The average molecular weight is 345 g/mol. The largest absolute Gasteiger partial charge is 0.309 e. The molecule has 106 valence electrons. The quantitative estimate of drug-likeness (QED) is 0.889. The summed E-state index contributed by atoms with van der Waals surface area (Å²) in [6, 6.07) is 0. The van der Waals surface area contributed by atoms with Gasteiger partial charge in [-0.1, -0.05) is 33.1 Å². The molecule has 0 unspecified atom stereocenters. The first kappa shape index (κ1) is 15.1. The predicted molar refractivity (Wildman–Crippen MR) is 84.8 cm³/mol. The lowest BCUT2D eigenvalue weighted by Crippen LogP contribution is -2.17. The second kappa shape index (κ2) is 6.93. The van der Waals surface area contributed by atoms with Crippen LogP contribution in [0.4, 0.5) is 0 Å². The number of H-pyrrole nitrogens is 1. The standard InChI is InChI=1S/C14H21BrN2OS/c1-9(2)13-12(15)14(18)17-11(16-13)8-19-10-6-4-3-5-7-10/h9-10H,3-8H2,1-2H3,(H,16,17,18). The third-order valence-corrected chi connectivity index (χ3v) is 5.64. The van der Waals surface area contributed by atoms with Crippen LogP contribution in [-0.2, 0) is 5.75 Å². The molecule has 0 radical (unpaired) electrons. The van der Waals surface area contributed by atoms with Crippen LogP contribution in [0.1, 0.15) is 63.4 Å². The van der Waals surface area contributed by atoms with E-state index >= 15 is 0 Å². The lowest BCUT2D eigenvalue weighted by atomic mass is 10.0. The van der Waals surface area contributed by atoms with E-state index in [1.165, 1.54) is 32.1 Å². The van der Waals surface area contributed by atoms with E-state index in [0.717, 1.165) is 22.5 Å². The number of aromatic nitrogens is 2. The van der Waals surface area contributed by atoms with Crippen LogP contribution in [0, 0.1) is 0 Å². The van der Waals surface area contributed by atoms with Gasteiger partial charge in [-0.05, 0) is 34.7 Å². The molecule has 5 heteroatoms. The van der Waals surface area contributed by atoms with Crippen LogP contribution in [0.25, 0.3) is 0 Å². The van der Waals surface area contributed by atoms with E-state index < -0.39 is 0 Å². The highest BCUT2D eigenvalue weighted by molar-refractivity contribution is 9.10. The Morgan fingerprint density at radius 2 is 2.05 bits per heavy atom. The Bertz CT molecular complexity index is 481. The Labute approximate surface area is 127 Å². The number of halogens is 1. The van der Waals surface area contributed by atoms with Crippen LogP contribution in [0.5, 0.6) is 0 Å². The summed E-state index contributed by atoms with van der Waals surface area (Å²) in [6.45, 7) is 4.12. The van der Waals surface area contributed by atoms with E-state index in [-0.39, 0.29) is 11.5 Å². The van der Waals surface area contributed by atoms with Crippen molar-refractivity contribution in [2.75, 3.05) is 0 Å². The summed E-state index contributed by atoms with van der Waals surface area (Å²) in [4.78, 5) is 19.3. The van der Waals surface area contributed by atoms with E-state index in [2.05, 4.69) is 39.7 Å². The van der Waals surface area contributed by atoms with Crippen molar-refractivity contribution in [1.29, 1.82) is 0 Å². The highest BCUT2D eigenvalue weighted by atomic mass is 79.9. The zero-order valence-electron chi connectivity index (χ0n) is 11.5. The molecule has 0 bridgehead atoms. The summed E-state index contributed by atoms with van der Waals surface area (Å²) in [7, 11) is 0. The molecule has 1 N–H and O–H groups in total. The zero-order chi connectivity index (χ0) is 13.8. The van der Waals surface area contributed by atoms with Crippen molar-refractivity contribution in [2.24, 2.45) is 0 Å². The van der Waals surface area contributed by atoms with Gasteiger partial charge < -0.3 is 4.98 Å². The maximum Gasteiger partial charge on any atom is 0.265 e. The minimum atomic E-state index is -0.0575.